The Labute approximate surface area is 118 Å². The third-order valence-electron chi connectivity index (χ3n) is 3.42. The molecule has 0 aromatic heterocycles. The molecule has 1 unspecified atom stereocenters. The lowest BCUT2D eigenvalue weighted by molar-refractivity contribution is -0.138. The Morgan fingerprint density at radius 3 is 2.80 bits per heavy atom. The minimum atomic E-state index is -3.38. The molecule has 2 N–H and O–H groups in total. The van der Waals surface area contributed by atoms with Gasteiger partial charge in [-0.2, -0.15) is 0 Å². The van der Waals surface area contributed by atoms with Crippen molar-refractivity contribution in [3.63, 3.8) is 0 Å². The number of nitrogens with zero attached hydrogens (tertiary/aromatic N) is 1. The van der Waals surface area contributed by atoms with Crippen molar-refractivity contribution in [1.29, 1.82) is 0 Å². The zero-order chi connectivity index (χ0) is 14.8. The lowest BCUT2D eigenvalue weighted by Gasteiger charge is -2.36. The summed E-state index contributed by atoms with van der Waals surface area (Å²) in [5.41, 5.74) is 0.475. The van der Waals surface area contributed by atoms with Crippen LogP contribution in [0.3, 0.4) is 0 Å². The Morgan fingerprint density at radius 1 is 1.45 bits per heavy atom. The van der Waals surface area contributed by atoms with Crippen LogP contribution in [-0.2, 0) is 14.6 Å². The van der Waals surface area contributed by atoms with E-state index in [0.29, 0.717) is 25.3 Å². The van der Waals surface area contributed by atoms with Crippen LogP contribution in [0.4, 0.5) is 5.69 Å². The highest BCUT2D eigenvalue weighted by atomic mass is 32.2. The molecule has 1 fully saturated rings. The molecule has 0 spiro atoms. The molecule has 1 aromatic rings. The summed E-state index contributed by atoms with van der Waals surface area (Å²) >= 11 is 0. The molecule has 1 atom stereocenters. The van der Waals surface area contributed by atoms with E-state index in [-0.39, 0.29) is 10.6 Å². The van der Waals surface area contributed by atoms with Gasteiger partial charge in [0.05, 0.1) is 16.3 Å². The highest BCUT2D eigenvalue weighted by Gasteiger charge is 2.31. The molecule has 20 heavy (non-hydrogen) atoms. The molecule has 0 saturated carbocycles. The third-order valence-corrected chi connectivity index (χ3v) is 5.19. The number of anilines is 1. The molecule has 110 valence electrons. The van der Waals surface area contributed by atoms with E-state index in [4.69, 9.17) is 0 Å². The van der Waals surface area contributed by atoms with Crippen LogP contribution in [-0.4, -0.2) is 50.9 Å². The summed E-state index contributed by atoms with van der Waals surface area (Å²) in [6.07, 6.45) is 0. The summed E-state index contributed by atoms with van der Waals surface area (Å²) in [7, 11) is -3.38. The molecule has 1 saturated heterocycles. The topological polar surface area (TPSA) is 86.7 Å². The Morgan fingerprint density at radius 2 is 2.15 bits per heavy atom. The normalized spacial score (nSPS) is 19.9. The molecule has 2 rings (SSSR count). The van der Waals surface area contributed by atoms with E-state index in [2.05, 4.69) is 5.32 Å². The Bertz CT molecular complexity index is 600. The fraction of sp³-hybridized carbons (Fsp3) is 0.462. The van der Waals surface area contributed by atoms with Crippen molar-refractivity contribution in [1.82, 2.24) is 5.32 Å². The smallest absolute Gasteiger partial charge is 0.327 e. The highest BCUT2D eigenvalue weighted by molar-refractivity contribution is 7.91. The average molecular weight is 298 g/mol. The molecule has 6 nitrogen and oxygen atoms in total. The maximum Gasteiger partial charge on any atom is 0.327 e. The van der Waals surface area contributed by atoms with Gasteiger partial charge in [0.2, 0.25) is 0 Å². The highest BCUT2D eigenvalue weighted by Crippen LogP contribution is 2.28. The number of sulfone groups is 1. The third kappa shape index (κ3) is 2.78. The van der Waals surface area contributed by atoms with Crippen LogP contribution in [0.2, 0.25) is 0 Å². The second-order valence-electron chi connectivity index (χ2n) is 4.62. The first-order valence-corrected chi connectivity index (χ1v) is 8.14. The van der Waals surface area contributed by atoms with E-state index in [9.17, 15) is 18.3 Å². The lowest BCUT2D eigenvalue weighted by atomic mass is 10.1. The fourth-order valence-electron chi connectivity index (χ4n) is 2.33. The van der Waals surface area contributed by atoms with Crippen LogP contribution in [0.1, 0.15) is 6.92 Å². The van der Waals surface area contributed by atoms with E-state index >= 15 is 0 Å². The number of carboxylic acid groups (broad SMARTS) is 1. The summed E-state index contributed by atoms with van der Waals surface area (Å²) < 4.78 is 24.3. The Balaban J connectivity index is 2.49. The van der Waals surface area contributed by atoms with Crippen LogP contribution in [0.25, 0.3) is 0 Å². The number of piperazine rings is 1. The zero-order valence-corrected chi connectivity index (χ0v) is 12.1. The SMILES string of the molecule is CCS(=O)(=O)c1ccccc1N1CCNCC1C(=O)O. The summed E-state index contributed by atoms with van der Waals surface area (Å²) in [6.45, 7) is 2.98. The number of nitrogens with one attached hydrogen (secondary N) is 1. The van der Waals surface area contributed by atoms with Crippen molar-refractivity contribution in [2.75, 3.05) is 30.3 Å². The van der Waals surface area contributed by atoms with Gasteiger partial charge in [-0.05, 0) is 12.1 Å². The largest absolute Gasteiger partial charge is 0.480 e. The number of para-hydroxylation sites is 1. The van der Waals surface area contributed by atoms with Crippen molar-refractivity contribution < 1.29 is 18.3 Å². The van der Waals surface area contributed by atoms with Crippen LogP contribution >= 0.6 is 0 Å². The number of hydrogen-bond acceptors (Lipinski definition) is 5. The van der Waals surface area contributed by atoms with Gasteiger partial charge in [-0.25, -0.2) is 13.2 Å². The summed E-state index contributed by atoms with van der Waals surface area (Å²) in [5.74, 6) is -0.964. The maximum atomic E-state index is 12.2. The van der Waals surface area contributed by atoms with Crippen LogP contribution in [0.15, 0.2) is 29.2 Å². The zero-order valence-electron chi connectivity index (χ0n) is 11.2. The van der Waals surface area contributed by atoms with E-state index in [1.165, 1.54) is 6.07 Å². The Kier molecular flexibility index (Phi) is 4.29. The van der Waals surface area contributed by atoms with Gasteiger partial charge in [0, 0.05) is 19.6 Å². The molecule has 0 amide bonds. The number of benzene rings is 1. The predicted octanol–water partition coefficient (Wildman–Crippen LogP) is 0.343. The molecule has 7 heteroatoms. The molecule has 1 aromatic carbocycles. The van der Waals surface area contributed by atoms with Gasteiger partial charge >= 0.3 is 5.97 Å². The van der Waals surface area contributed by atoms with E-state index in [1.807, 2.05) is 0 Å². The van der Waals surface area contributed by atoms with Gasteiger partial charge in [0.1, 0.15) is 6.04 Å². The van der Waals surface area contributed by atoms with Crippen LogP contribution in [0.5, 0.6) is 0 Å². The van der Waals surface area contributed by atoms with Gasteiger partial charge in [0.15, 0.2) is 9.84 Å². The lowest BCUT2D eigenvalue weighted by Crippen LogP contribution is -2.55. The second-order valence-corrected chi connectivity index (χ2v) is 6.87. The molecule has 0 bridgehead atoms. The number of carbonyl (C=O) groups is 1. The van der Waals surface area contributed by atoms with E-state index in [0.717, 1.165) is 0 Å². The van der Waals surface area contributed by atoms with Crippen molar-refractivity contribution in [2.24, 2.45) is 0 Å². The number of carboxylic acids is 1. The molecule has 1 aliphatic heterocycles. The van der Waals surface area contributed by atoms with E-state index < -0.39 is 21.8 Å². The standard InChI is InChI=1S/C13H18N2O4S/c1-2-20(18,19)12-6-4-3-5-10(12)15-8-7-14-9-11(15)13(16)17/h3-6,11,14H,2,7-9H2,1H3,(H,16,17). The van der Waals surface area contributed by atoms with Gasteiger partial charge in [-0.3, -0.25) is 0 Å². The van der Waals surface area contributed by atoms with Crippen LogP contribution < -0.4 is 10.2 Å². The average Bonchev–Trinajstić information content (AvgIpc) is 2.47. The molecular weight excluding hydrogens is 280 g/mol. The number of rotatable bonds is 4. The summed E-state index contributed by atoms with van der Waals surface area (Å²) in [4.78, 5) is 13.2. The Hall–Kier alpha value is -1.60. The molecule has 1 aliphatic rings. The van der Waals surface area contributed by atoms with Gasteiger partial charge < -0.3 is 15.3 Å². The maximum absolute atomic E-state index is 12.2. The van der Waals surface area contributed by atoms with Crippen molar-refractivity contribution in [2.45, 2.75) is 17.9 Å². The molecule has 1 heterocycles. The van der Waals surface area contributed by atoms with Gasteiger partial charge in [0.25, 0.3) is 0 Å². The van der Waals surface area contributed by atoms with Crippen molar-refractivity contribution in [3.05, 3.63) is 24.3 Å². The minimum Gasteiger partial charge on any atom is -0.480 e. The predicted molar refractivity (Wildman–Crippen MR) is 75.8 cm³/mol. The van der Waals surface area contributed by atoms with Gasteiger partial charge in [-0.15, -0.1) is 0 Å². The second kappa shape index (κ2) is 5.80. The van der Waals surface area contributed by atoms with Gasteiger partial charge in [-0.1, -0.05) is 19.1 Å². The van der Waals surface area contributed by atoms with Crippen LogP contribution in [0, 0.1) is 0 Å². The molecule has 0 aliphatic carbocycles. The first kappa shape index (κ1) is 14.8. The monoisotopic (exact) mass is 298 g/mol. The summed E-state index contributed by atoms with van der Waals surface area (Å²) in [5, 5.41) is 12.3. The van der Waals surface area contributed by atoms with E-state index in [1.54, 1.807) is 30.0 Å². The quantitative estimate of drug-likeness (QED) is 0.834. The molecule has 0 radical (unpaired) electrons. The first-order chi connectivity index (χ1) is 9.47. The number of hydrogen-bond donors (Lipinski definition) is 2. The van der Waals surface area contributed by atoms with Crippen molar-refractivity contribution >= 4 is 21.5 Å². The fourth-order valence-corrected chi connectivity index (χ4v) is 3.43. The van der Waals surface area contributed by atoms with Crippen molar-refractivity contribution in [3.8, 4) is 0 Å². The number of aliphatic carboxylic acids is 1. The molecular formula is C13H18N2O4S. The minimum absolute atomic E-state index is 0.00611. The summed E-state index contributed by atoms with van der Waals surface area (Å²) in [6, 6.07) is 5.84. The first-order valence-electron chi connectivity index (χ1n) is 6.49.